The number of nitrogen functional groups attached to an aromatic ring is 1. The van der Waals surface area contributed by atoms with Crippen LogP contribution in [0.25, 0.3) is 0 Å². The van der Waals surface area contributed by atoms with Gasteiger partial charge in [-0.2, -0.15) is 0 Å². The molecule has 0 aromatic heterocycles. The van der Waals surface area contributed by atoms with Crippen LogP contribution in [0.4, 0.5) is 5.69 Å². The zero-order valence-electron chi connectivity index (χ0n) is 10.6. The average Bonchev–Trinajstić information content (AvgIpc) is 2.40. The number of hydrogen-bond donors (Lipinski definition) is 1. The number of carbonyl (C=O) groups excluding carboxylic acids is 1. The van der Waals surface area contributed by atoms with E-state index >= 15 is 0 Å². The molecule has 0 unspecified atom stereocenters. The Bertz CT molecular complexity index is 629. The van der Waals surface area contributed by atoms with Gasteiger partial charge in [0.25, 0.3) is 0 Å². The lowest BCUT2D eigenvalue weighted by molar-refractivity contribution is -0.144. The van der Waals surface area contributed by atoms with E-state index in [9.17, 15) is 4.79 Å². The molecule has 2 aromatic carbocycles. The smallest absolute Gasteiger partial charge is 0.310 e. The highest BCUT2D eigenvalue weighted by molar-refractivity contribution is 6.33. The Kier molecular flexibility index (Phi) is 4.88. The van der Waals surface area contributed by atoms with Crippen LogP contribution in [-0.2, 0) is 22.6 Å². The fourth-order valence-electron chi connectivity index (χ4n) is 1.73. The van der Waals surface area contributed by atoms with Crippen molar-refractivity contribution in [1.29, 1.82) is 0 Å². The topological polar surface area (TPSA) is 52.3 Å². The average molecular weight is 310 g/mol. The third kappa shape index (κ3) is 4.15. The van der Waals surface area contributed by atoms with Crippen molar-refractivity contribution in [2.45, 2.75) is 13.0 Å². The number of carbonyl (C=O) groups is 1. The summed E-state index contributed by atoms with van der Waals surface area (Å²) in [6.45, 7) is 0.0978. The second-order valence-electron chi connectivity index (χ2n) is 4.32. The van der Waals surface area contributed by atoms with Crippen LogP contribution in [0.2, 0.25) is 10.0 Å². The van der Waals surface area contributed by atoms with Crippen molar-refractivity contribution < 1.29 is 9.53 Å². The normalized spacial score (nSPS) is 10.3. The molecule has 5 heteroatoms. The molecular formula is C15H13Cl2NO2. The zero-order chi connectivity index (χ0) is 14.5. The third-order valence-electron chi connectivity index (χ3n) is 2.70. The Morgan fingerprint density at radius 2 is 1.95 bits per heavy atom. The van der Waals surface area contributed by atoms with Gasteiger partial charge in [0.05, 0.1) is 6.42 Å². The zero-order valence-corrected chi connectivity index (χ0v) is 12.1. The lowest BCUT2D eigenvalue weighted by Crippen LogP contribution is -2.08. The van der Waals surface area contributed by atoms with E-state index in [1.807, 2.05) is 6.07 Å². The molecule has 0 spiro atoms. The maximum absolute atomic E-state index is 11.8. The van der Waals surface area contributed by atoms with Crippen LogP contribution >= 0.6 is 23.2 Å². The van der Waals surface area contributed by atoms with Crippen LogP contribution in [0.15, 0.2) is 42.5 Å². The minimum atomic E-state index is -0.341. The van der Waals surface area contributed by atoms with Gasteiger partial charge in [-0.05, 0) is 35.9 Å². The molecule has 0 saturated carbocycles. The van der Waals surface area contributed by atoms with E-state index in [1.165, 1.54) is 0 Å². The van der Waals surface area contributed by atoms with Crippen LogP contribution in [-0.4, -0.2) is 5.97 Å². The van der Waals surface area contributed by atoms with Gasteiger partial charge in [0.2, 0.25) is 0 Å². The molecule has 0 aliphatic heterocycles. The van der Waals surface area contributed by atoms with Gasteiger partial charge in [0.15, 0.2) is 0 Å². The quantitative estimate of drug-likeness (QED) is 0.689. The highest BCUT2D eigenvalue weighted by Crippen LogP contribution is 2.21. The molecule has 2 aromatic rings. The van der Waals surface area contributed by atoms with E-state index < -0.39 is 0 Å². The largest absolute Gasteiger partial charge is 0.460 e. The van der Waals surface area contributed by atoms with Crippen molar-refractivity contribution in [3.63, 3.8) is 0 Å². The predicted octanol–water partition coefficient (Wildman–Crippen LogP) is 3.86. The molecule has 0 radical (unpaired) electrons. The van der Waals surface area contributed by atoms with Crippen LogP contribution in [0, 0.1) is 0 Å². The molecule has 0 aliphatic rings. The molecule has 0 bridgehead atoms. The Morgan fingerprint density at radius 3 is 2.70 bits per heavy atom. The molecule has 20 heavy (non-hydrogen) atoms. The Labute approximate surface area is 127 Å². The monoisotopic (exact) mass is 309 g/mol. The van der Waals surface area contributed by atoms with Gasteiger partial charge in [-0.25, -0.2) is 0 Å². The number of esters is 1. The maximum atomic E-state index is 11.8. The summed E-state index contributed by atoms with van der Waals surface area (Å²) in [5.41, 5.74) is 7.76. The molecule has 104 valence electrons. The summed E-state index contributed by atoms with van der Waals surface area (Å²) < 4.78 is 5.18. The van der Waals surface area contributed by atoms with Crippen LogP contribution in [0.5, 0.6) is 0 Å². The summed E-state index contributed by atoms with van der Waals surface area (Å²) in [6, 6.07) is 12.2. The summed E-state index contributed by atoms with van der Waals surface area (Å²) in [4.78, 5) is 11.8. The highest BCUT2D eigenvalue weighted by Gasteiger charge is 2.08. The van der Waals surface area contributed by atoms with E-state index in [4.69, 9.17) is 33.7 Å². The number of anilines is 1. The Morgan fingerprint density at radius 1 is 1.15 bits per heavy atom. The van der Waals surface area contributed by atoms with Crippen LogP contribution < -0.4 is 5.73 Å². The molecule has 0 atom stereocenters. The van der Waals surface area contributed by atoms with Crippen LogP contribution in [0.1, 0.15) is 11.1 Å². The first-order valence-electron chi connectivity index (χ1n) is 5.98. The summed E-state index contributed by atoms with van der Waals surface area (Å²) >= 11 is 11.9. The molecule has 3 nitrogen and oxygen atoms in total. The second kappa shape index (κ2) is 6.64. The van der Waals surface area contributed by atoms with Crippen molar-refractivity contribution in [1.82, 2.24) is 0 Å². The van der Waals surface area contributed by atoms with E-state index in [-0.39, 0.29) is 19.0 Å². The molecule has 0 aliphatic carbocycles. The highest BCUT2D eigenvalue weighted by atomic mass is 35.5. The molecule has 2 N–H and O–H groups in total. The number of ether oxygens (including phenoxy) is 1. The van der Waals surface area contributed by atoms with Crippen molar-refractivity contribution >= 4 is 34.9 Å². The van der Waals surface area contributed by atoms with Crippen molar-refractivity contribution in [3.8, 4) is 0 Å². The lowest BCUT2D eigenvalue weighted by Gasteiger charge is -2.07. The summed E-state index contributed by atoms with van der Waals surface area (Å²) in [6.07, 6.45) is 0.170. The number of benzene rings is 2. The molecule has 0 heterocycles. The molecule has 2 rings (SSSR count). The fourth-order valence-corrected chi connectivity index (χ4v) is 2.10. The standard InChI is InChI=1S/C15H13Cl2NO2/c16-12-4-5-14(17)11(8-12)9-20-15(19)7-10-2-1-3-13(18)6-10/h1-6,8H,7,9,18H2. The minimum Gasteiger partial charge on any atom is -0.460 e. The van der Waals surface area contributed by atoms with Gasteiger partial charge in [0.1, 0.15) is 6.61 Å². The minimum absolute atomic E-state index is 0.0978. The van der Waals surface area contributed by atoms with E-state index in [1.54, 1.807) is 36.4 Å². The van der Waals surface area contributed by atoms with E-state index in [0.29, 0.717) is 21.3 Å². The van der Waals surface area contributed by atoms with Crippen molar-refractivity contribution in [3.05, 3.63) is 63.6 Å². The van der Waals surface area contributed by atoms with Gasteiger partial charge in [-0.15, -0.1) is 0 Å². The SMILES string of the molecule is Nc1cccc(CC(=O)OCc2cc(Cl)ccc2Cl)c1. The third-order valence-corrected chi connectivity index (χ3v) is 3.30. The molecule has 0 fully saturated rings. The van der Waals surface area contributed by atoms with Gasteiger partial charge in [-0.3, -0.25) is 4.79 Å². The lowest BCUT2D eigenvalue weighted by atomic mass is 10.1. The van der Waals surface area contributed by atoms with Crippen LogP contribution in [0.3, 0.4) is 0 Å². The van der Waals surface area contributed by atoms with E-state index in [2.05, 4.69) is 0 Å². The summed E-state index contributed by atoms with van der Waals surface area (Å²) in [7, 11) is 0. The summed E-state index contributed by atoms with van der Waals surface area (Å²) in [5.74, 6) is -0.341. The van der Waals surface area contributed by atoms with Crippen molar-refractivity contribution in [2.75, 3.05) is 5.73 Å². The Balaban J connectivity index is 1.94. The van der Waals surface area contributed by atoms with Crippen molar-refractivity contribution in [2.24, 2.45) is 0 Å². The number of nitrogens with two attached hydrogens (primary N) is 1. The summed E-state index contributed by atoms with van der Waals surface area (Å²) in [5, 5.41) is 1.07. The number of halogens is 2. The van der Waals surface area contributed by atoms with Gasteiger partial charge in [-0.1, -0.05) is 35.3 Å². The maximum Gasteiger partial charge on any atom is 0.310 e. The Hall–Kier alpha value is -1.71. The number of rotatable bonds is 4. The fraction of sp³-hybridized carbons (Fsp3) is 0.133. The van der Waals surface area contributed by atoms with E-state index in [0.717, 1.165) is 5.56 Å². The first-order chi connectivity index (χ1) is 9.54. The van der Waals surface area contributed by atoms with Gasteiger partial charge >= 0.3 is 5.97 Å². The first-order valence-corrected chi connectivity index (χ1v) is 6.74. The molecule has 0 saturated heterocycles. The number of hydrogen-bond acceptors (Lipinski definition) is 3. The first kappa shape index (κ1) is 14.7. The van der Waals surface area contributed by atoms with Gasteiger partial charge < -0.3 is 10.5 Å². The molecular weight excluding hydrogens is 297 g/mol. The second-order valence-corrected chi connectivity index (χ2v) is 5.16. The van der Waals surface area contributed by atoms with Gasteiger partial charge in [0, 0.05) is 21.3 Å². The molecule has 0 amide bonds. The predicted molar refractivity (Wildman–Crippen MR) is 80.8 cm³/mol.